The first-order valence-corrected chi connectivity index (χ1v) is 6.86. The minimum absolute atomic E-state index is 0.187. The summed E-state index contributed by atoms with van der Waals surface area (Å²) in [6, 6.07) is 7.45. The Morgan fingerprint density at radius 1 is 1.00 bits per heavy atom. The van der Waals surface area contributed by atoms with E-state index >= 15 is 0 Å². The minimum atomic E-state index is -0.979. The lowest BCUT2D eigenvalue weighted by atomic mass is 9.89. The van der Waals surface area contributed by atoms with Crippen molar-refractivity contribution in [3.05, 3.63) is 52.1 Å². The van der Waals surface area contributed by atoms with E-state index in [0.717, 1.165) is 16.7 Å². The Hall–Kier alpha value is -2.29. The summed E-state index contributed by atoms with van der Waals surface area (Å²) in [6.45, 7) is 8.32. The van der Waals surface area contributed by atoms with Crippen molar-refractivity contribution in [3.63, 3.8) is 0 Å². The van der Waals surface area contributed by atoms with Crippen LogP contribution in [0.1, 0.15) is 32.6 Å². The number of carboxylic acid groups (broad SMARTS) is 1. The molecule has 0 saturated carbocycles. The second-order valence-electron chi connectivity index (χ2n) is 5.36. The molecule has 0 unspecified atom stereocenters. The number of ether oxygens (including phenoxy) is 1. The summed E-state index contributed by atoms with van der Waals surface area (Å²) in [4.78, 5) is 11.4. The highest BCUT2D eigenvalue weighted by Crippen LogP contribution is 2.33. The molecule has 0 bridgehead atoms. The molecule has 0 aliphatic carbocycles. The molecule has 0 saturated heterocycles. The number of aromatic carboxylic acids is 1. The van der Waals surface area contributed by atoms with Crippen molar-refractivity contribution in [1.82, 2.24) is 0 Å². The zero-order chi connectivity index (χ0) is 15.7. The van der Waals surface area contributed by atoms with Crippen LogP contribution in [0.2, 0.25) is 0 Å². The van der Waals surface area contributed by atoms with E-state index in [9.17, 15) is 9.90 Å². The second-order valence-corrected chi connectivity index (χ2v) is 5.36. The molecule has 2 rings (SSSR count). The van der Waals surface area contributed by atoms with Crippen LogP contribution in [0.15, 0.2) is 24.3 Å². The van der Waals surface area contributed by atoms with E-state index in [2.05, 4.69) is 33.8 Å². The first-order valence-electron chi connectivity index (χ1n) is 6.86. The van der Waals surface area contributed by atoms with Gasteiger partial charge in [0.25, 0.3) is 0 Å². The van der Waals surface area contributed by atoms with Crippen molar-refractivity contribution >= 4 is 5.97 Å². The van der Waals surface area contributed by atoms with E-state index in [0.29, 0.717) is 5.75 Å². The molecule has 3 nitrogen and oxygen atoms in total. The minimum Gasteiger partial charge on any atom is -0.496 e. The van der Waals surface area contributed by atoms with Crippen molar-refractivity contribution in [2.75, 3.05) is 7.11 Å². The van der Waals surface area contributed by atoms with E-state index in [1.54, 1.807) is 12.1 Å². The maximum atomic E-state index is 11.4. The van der Waals surface area contributed by atoms with E-state index in [4.69, 9.17) is 4.74 Å². The lowest BCUT2D eigenvalue weighted by Gasteiger charge is -2.16. The monoisotopic (exact) mass is 284 g/mol. The molecule has 0 aliphatic heterocycles. The lowest BCUT2D eigenvalue weighted by molar-refractivity contribution is 0.0693. The van der Waals surface area contributed by atoms with Gasteiger partial charge in [-0.3, -0.25) is 0 Å². The molecule has 0 atom stereocenters. The van der Waals surface area contributed by atoms with Crippen LogP contribution in [0.5, 0.6) is 5.75 Å². The topological polar surface area (TPSA) is 46.5 Å². The van der Waals surface area contributed by atoms with Crippen LogP contribution in [-0.4, -0.2) is 18.2 Å². The van der Waals surface area contributed by atoms with Crippen molar-refractivity contribution < 1.29 is 14.6 Å². The van der Waals surface area contributed by atoms with E-state index in [-0.39, 0.29) is 5.56 Å². The third kappa shape index (κ3) is 2.64. The molecule has 0 aliphatic rings. The van der Waals surface area contributed by atoms with Crippen LogP contribution in [0.4, 0.5) is 0 Å². The van der Waals surface area contributed by atoms with Gasteiger partial charge >= 0.3 is 5.97 Å². The van der Waals surface area contributed by atoms with Gasteiger partial charge < -0.3 is 9.84 Å². The number of methoxy groups -OCH3 is 1. The van der Waals surface area contributed by atoms with Crippen molar-refractivity contribution in [2.45, 2.75) is 27.7 Å². The first kappa shape index (κ1) is 15.1. The van der Waals surface area contributed by atoms with Gasteiger partial charge in [-0.15, -0.1) is 0 Å². The van der Waals surface area contributed by atoms with Crippen molar-refractivity contribution in [1.29, 1.82) is 0 Å². The van der Waals surface area contributed by atoms with Crippen LogP contribution in [0.3, 0.4) is 0 Å². The maximum Gasteiger partial charge on any atom is 0.339 e. The molecule has 0 aromatic heterocycles. The van der Waals surface area contributed by atoms with Gasteiger partial charge in [-0.05, 0) is 73.2 Å². The fourth-order valence-electron chi connectivity index (χ4n) is 2.76. The molecule has 3 heteroatoms. The summed E-state index contributed by atoms with van der Waals surface area (Å²) in [6.07, 6.45) is 0. The van der Waals surface area contributed by atoms with E-state index < -0.39 is 5.97 Å². The van der Waals surface area contributed by atoms with Gasteiger partial charge in [-0.25, -0.2) is 4.79 Å². The van der Waals surface area contributed by atoms with E-state index in [1.165, 1.54) is 23.8 Å². The third-order valence-corrected chi connectivity index (χ3v) is 4.07. The van der Waals surface area contributed by atoms with Crippen LogP contribution >= 0.6 is 0 Å². The highest BCUT2D eigenvalue weighted by atomic mass is 16.5. The molecular weight excluding hydrogens is 264 g/mol. The van der Waals surface area contributed by atoms with Crippen LogP contribution in [0.25, 0.3) is 11.1 Å². The fourth-order valence-corrected chi connectivity index (χ4v) is 2.76. The van der Waals surface area contributed by atoms with Crippen molar-refractivity contribution in [3.8, 4) is 16.9 Å². The predicted molar refractivity (Wildman–Crippen MR) is 84.3 cm³/mol. The Labute approximate surface area is 125 Å². The standard InChI is InChI=1S/C18H20O3/c1-10-8-11(2)17(13(4)12(10)3)14-6-7-16(21-5)15(9-14)18(19)20/h6-9H,1-5H3,(H,19,20). The van der Waals surface area contributed by atoms with Gasteiger partial charge in [0.1, 0.15) is 11.3 Å². The lowest BCUT2D eigenvalue weighted by Crippen LogP contribution is -2.02. The zero-order valence-electron chi connectivity index (χ0n) is 13.1. The van der Waals surface area contributed by atoms with Gasteiger partial charge in [0, 0.05) is 0 Å². The zero-order valence-corrected chi connectivity index (χ0v) is 13.1. The number of rotatable bonds is 3. The van der Waals surface area contributed by atoms with Crippen molar-refractivity contribution in [2.24, 2.45) is 0 Å². The van der Waals surface area contributed by atoms with Gasteiger partial charge in [0.05, 0.1) is 7.11 Å². The SMILES string of the molecule is COc1ccc(-c2c(C)cc(C)c(C)c2C)cc1C(=O)O. The largest absolute Gasteiger partial charge is 0.496 e. The molecule has 110 valence electrons. The summed E-state index contributed by atoms with van der Waals surface area (Å²) in [5.41, 5.74) is 7.02. The van der Waals surface area contributed by atoms with Crippen LogP contribution < -0.4 is 4.74 Å². The molecule has 0 fully saturated rings. The van der Waals surface area contributed by atoms with Gasteiger partial charge in [-0.1, -0.05) is 12.1 Å². The molecule has 2 aromatic carbocycles. The maximum absolute atomic E-state index is 11.4. The predicted octanol–water partition coefficient (Wildman–Crippen LogP) is 4.29. The fraction of sp³-hybridized carbons (Fsp3) is 0.278. The van der Waals surface area contributed by atoms with Gasteiger partial charge in [0.15, 0.2) is 0 Å². The molecule has 0 heterocycles. The average Bonchev–Trinajstić information content (AvgIpc) is 2.44. The highest BCUT2D eigenvalue weighted by molar-refractivity contribution is 5.93. The summed E-state index contributed by atoms with van der Waals surface area (Å²) in [7, 11) is 1.48. The van der Waals surface area contributed by atoms with Crippen LogP contribution in [0, 0.1) is 27.7 Å². The number of aryl methyl sites for hydroxylation is 2. The van der Waals surface area contributed by atoms with Gasteiger partial charge in [0.2, 0.25) is 0 Å². The number of hydrogen-bond acceptors (Lipinski definition) is 2. The Kier molecular flexibility index (Phi) is 4.03. The number of carbonyl (C=O) groups is 1. The summed E-state index contributed by atoms with van der Waals surface area (Å²) in [5, 5.41) is 9.33. The highest BCUT2D eigenvalue weighted by Gasteiger charge is 2.15. The van der Waals surface area contributed by atoms with Crippen LogP contribution in [-0.2, 0) is 0 Å². The quantitative estimate of drug-likeness (QED) is 0.914. The van der Waals surface area contributed by atoms with Gasteiger partial charge in [-0.2, -0.15) is 0 Å². The summed E-state index contributed by atoms with van der Waals surface area (Å²) >= 11 is 0. The summed E-state index contributed by atoms with van der Waals surface area (Å²) in [5.74, 6) is -0.599. The summed E-state index contributed by atoms with van der Waals surface area (Å²) < 4.78 is 5.12. The average molecular weight is 284 g/mol. The molecule has 21 heavy (non-hydrogen) atoms. The molecule has 0 amide bonds. The number of carboxylic acids is 1. The second kappa shape index (κ2) is 5.60. The Bertz CT molecular complexity index is 715. The van der Waals surface area contributed by atoms with E-state index in [1.807, 2.05) is 6.07 Å². The molecule has 0 spiro atoms. The Balaban J connectivity index is 2.71. The molecule has 0 radical (unpaired) electrons. The third-order valence-electron chi connectivity index (χ3n) is 4.07. The number of benzene rings is 2. The molecule has 2 aromatic rings. The first-order chi connectivity index (χ1) is 9.86. The molecule has 1 N–H and O–H groups in total. The smallest absolute Gasteiger partial charge is 0.339 e. The number of hydrogen-bond donors (Lipinski definition) is 1. The normalized spacial score (nSPS) is 10.5. The Morgan fingerprint density at radius 2 is 1.67 bits per heavy atom. The Morgan fingerprint density at radius 3 is 2.24 bits per heavy atom. The molecular formula is C18H20O3.